The predicted molar refractivity (Wildman–Crippen MR) is 93.4 cm³/mol. The minimum absolute atomic E-state index is 0.0216. The molecule has 1 aromatic heterocycles. The van der Waals surface area contributed by atoms with Crippen LogP contribution in [0.15, 0.2) is 47.3 Å². The van der Waals surface area contributed by atoms with Gasteiger partial charge in [0.1, 0.15) is 18.1 Å². The molecule has 3 rings (SSSR count). The first-order valence-electron chi connectivity index (χ1n) is 8.38. The van der Waals surface area contributed by atoms with Crippen LogP contribution in [-0.2, 0) is 20.1 Å². The van der Waals surface area contributed by atoms with Crippen LogP contribution in [-0.4, -0.2) is 26.2 Å². The van der Waals surface area contributed by atoms with E-state index in [0.717, 1.165) is 21.0 Å². The lowest BCUT2D eigenvalue weighted by atomic mass is 10.1. The summed E-state index contributed by atoms with van der Waals surface area (Å²) in [7, 11) is 1.38. The number of rotatable bonds is 6. The molecule has 10 heteroatoms. The summed E-state index contributed by atoms with van der Waals surface area (Å²) in [5, 5.41) is 7.29. The van der Waals surface area contributed by atoms with Crippen molar-refractivity contribution >= 4 is 0 Å². The van der Waals surface area contributed by atoms with Gasteiger partial charge in [-0.3, -0.25) is 0 Å². The normalized spacial score (nSPS) is 11.5. The van der Waals surface area contributed by atoms with Crippen molar-refractivity contribution in [2.24, 2.45) is 7.05 Å². The van der Waals surface area contributed by atoms with Gasteiger partial charge in [-0.25, -0.2) is 4.79 Å². The van der Waals surface area contributed by atoms with Gasteiger partial charge in [0.05, 0.1) is 11.3 Å². The summed E-state index contributed by atoms with van der Waals surface area (Å²) in [6.07, 6.45) is -4.21. The van der Waals surface area contributed by atoms with Crippen LogP contribution in [0.5, 0.6) is 11.5 Å². The van der Waals surface area contributed by atoms with Gasteiger partial charge in [-0.1, -0.05) is 31.2 Å². The summed E-state index contributed by atoms with van der Waals surface area (Å²) in [6.45, 7) is 1.68. The fourth-order valence-corrected chi connectivity index (χ4v) is 2.67. The first-order chi connectivity index (χ1) is 13.3. The summed E-state index contributed by atoms with van der Waals surface area (Å²) in [4.78, 5) is 12.2. The number of nitrogens with zero attached hydrogens (tertiary/aromatic N) is 4. The highest BCUT2D eigenvalue weighted by Gasteiger charge is 2.33. The highest BCUT2D eigenvalue weighted by Crippen LogP contribution is 2.31. The van der Waals surface area contributed by atoms with Crippen LogP contribution < -0.4 is 15.2 Å². The maximum Gasteiger partial charge on any atom is 0.573 e. The SMILES string of the molecule is CCc1ccccc1OCc1c(OC(F)(F)F)cccc1-n1nnn(C)c1=O. The van der Waals surface area contributed by atoms with Crippen molar-refractivity contribution in [2.75, 3.05) is 0 Å². The molecule has 0 atom stereocenters. The van der Waals surface area contributed by atoms with Crippen molar-refractivity contribution in [3.8, 4) is 17.2 Å². The number of ether oxygens (including phenoxy) is 2. The van der Waals surface area contributed by atoms with Crippen LogP contribution in [0.3, 0.4) is 0 Å². The molecule has 0 amide bonds. The Kier molecular flexibility index (Phi) is 5.39. The highest BCUT2D eigenvalue weighted by atomic mass is 19.4. The van der Waals surface area contributed by atoms with Crippen molar-refractivity contribution in [3.05, 3.63) is 64.1 Å². The topological polar surface area (TPSA) is 71.2 Å². The first-order valence-corrected chi connectivity index (χ1v) is 8.38. The van der Waals surface area contributed by atoms with Crippen LogP contribution in [0.1, 0.15) is 18.1 Å². The van der Waals surface area contributed by atoms with Gasteiger partial charge in [-0.05, 0) is 40.6 Å². The molecule has 0 saturated heterocycles. The van der Waals surface area contributed by atoms with Gasteiger partial charge in [-0.2, -0.15) is 9.36 Å². The van der Waals surface area contributed by atoms with E-state index in [1.165, 1.54) is 19.2 Å². The van der Waals surface area contributed by atoms with Crippen LogP contribution in [0.25, 0.3) is 5.69 Å². The molecule has 0 spiro atoms. The molecule has 0 radical (unpaired) electrons. The number of alkyl halides is 3. The molecule has 0 aliphatic heterocycles. The van der Waals surface area contributed by atoms with Crippen molar-refractivity contribution in [1.29, 1.82) is 0 Å². The molecule has 0 fully saturated rings. The molecular formula is C18H17F3N4O3. The molecule has 3 aromatic rings. The van der Waals surface area contributed by atoms with Crippen molar-refractivity contribution in [2.45, 2.75) is 26.3 Å². The van der Waals surface area contributed by atoms with E-state index in [0.29, 0.717) is 12.2 Å². The minimum Gasteiger partial charge on any atom is -0.488 e. The molecule has 28 heavy (non-hydrogen) atoms. The molecule has 0 aliphatic carbocycles. The third kappa shape index (κ3) is 4.16. The Morgan fingerprint density at radius 1 is 1.04 bits per heavy atom. The number of hydrogen-bond donors (Lipinski definition) is 0. The summed E-state index contributed by atoms with van der Waals surface area (Å²) in [5.41, 5.74) is 0.400. The van der Waals surface area contributed by atoms with Crippen LogP contribution in [0, 0.1) is 0 Å². The Morgan fingerprint density at radius 3 is 2.39 bits per heavy atom. The van der Waals surface area contributed by atoms with Crippen LogP contribution >= 0.6 is 0 Å². The third-order valence-corrected chi connectivity index (χ3v) is 4.01. The smallest absolute Gasteiger partial charge is 0.488 e. The number of tetrazole rings is 1. The Bertz CT molecular complexity index is 1030. The van der Waals surface area contributed by atoms with E-state index in [2.05, 4.69) is 15.2 Å². The van der Waals surface area contributed by atoms with Crippen molar-refractivity contribution < 1.29 is 22.6 Å². The first kappa shape index (κ1) is 19.5. The monoisotopic (exact) mass is 394 g/mol. The van der Waals surface area contributed by atoms with Crippen LogP contribution in [0.4, 0.5) is 13.2 Å². The van der Waals surface area contributed by atoms with E-state index >= 15 is 0 Å². The average molecular weight is 394 g/mol. The standard InChI is InChI=1S/C18H17F3N4O3/c1-3-12-7-4-5-9-15(12)27-11-13-14(25-17(26)24(2)22-23-25)8-6-10-16(13)28-18(19,20)21/h4-10H,3,11H2,1-2H3. The molecule has 148 valence electrons. The molecule has 0 bridgehead atoms. The van der Waals surface area contributed by atoms with Gasteiger partial charge in [-0.15, -0.1) is 13.2 Å². The second kappa shape index (κ2) is 7.75. The Labute approximate surface area is 157 Å². The fourth-order valence-electron chi connectivity index (χ4n) is 2.67. The van der Waals surface area contributed by atoms with E-state index in [1.807, 2.05) is 19.1 Å². The van der Waals surface area contributed by atoms with Gasteiger partial charge >= 0.3 is 12.1 Å². The molecule has 0 N–H and O–H groups in total. The van der Waals surface area contributed by atoms with E-state index < -0.39 is 17.8 Å². The number of benzene rings is 2. The van der Waals surface area contributed by atoms with E-state index in [1.54, 1.807) is 12.1 Å². The summed E-state index contributed by atoms with van der Waals surface area (Å²) >= 11 is 0. The lowest BCUT2D eigenvalue weighted by molar-refractivity contribution is -0.275. The van der Waals surface area contributed by atoms with Gasteiger partial charge in [0, 0.05) is 7.05 Å². The highest BCUT2D eigenvalue weighted by molar-refractivity contribution is 5.49. The van der Waals surface area contributed by atoms with Gasteiger partial charge in [0.2, 0.25) is 0 Å². The van der Waals surface area contributed by atoms with Crippen LogP contribution in [0.2, 0.25) is 0 Å². The van der Waals surface area contributed by atoms with Gasteiger partial charge in [0.25, 0.3) is 0 Å². The second-order valence-corrected chi connectivity index (χ2v) is 5.85. The van der Waals surface area contributed by atoms with E-state index in [9.17, 15) is 18.0 Å². The third-order valence-electron chi connectivity index (χ3n) is 4.01. The van der Waals surface area contributed by atoms with Crippen molar-refractivity contribution in [1.82, 2.24) is 19.8 Å². The number of hydrogen-bond acceptors (Lipinski definition) is 5. The fraction of sp³-hybridized carbons (Fsp3) is 0.278. The Balaban J connectivity index is 2.05. The average Bonchev–Trinajstić information content (AvgIpc) is 2.98. The molecule has 0 aliphatic rings. The largest absolute Gasteiger partial charge is 0.573 e. The quantitative estimate of drug-likeness (QED) is 0.643. The minimum atomic E-state index is -4.90. The zero-order chi connectivity index (χ0) is 20.3. The maximum absolute atomic E-state index is 12.9. The number of aromatic nitrogens is 4. The zero-order valence-corrected chi connectivity index (χ0v) is 15.1. The molecule has 1 heterocycles. The van der Waals surface area contributed by atoms with Gasteiger partial charge in [0.15, 0.2) is 0 Å². The Morgan fingerprint density at radius 2 is 1.75 bits per heavy atom. The molecule has 7 nitrogen and oxygen atoms in total. The van der Waals surface area contributed by atoms with E-state index in [4.69, 9.17) is 4.74 Å². The van der Waals surface area contributed by atoms with Gasteiger partial charge < -0.3 is 9.47 Å². The Hall–Kier alpha value is -3.30. The lowest BCUT2D eigenvalue weighted by Gasteiger charge is -2.17. The molecule has 0 saturated carbocycles. The summed E-state index contributed by atoms with van der Waals surface area (Å²) in [5.74, 6) is 0.0563. The zero-order valence-electron chi connectivity index (χ0n) is 15.1. The predicted octanol–water partition coefficient (Wildman–Crippen LogP) is 3.01. The molecule has 2 aromatic carbocycles. The second-order valence-electron chi connectivity index (χ2n) is 5.85. The maximum atomic E-state index is 12.9. The number of aryl methyl sites for hydroxylation is 2. The number of halogens is 3. The number of para-hydroxylation sites is 1. The molecular weight excluding hydrogens is 377 g/mol. The molecule has 0 unspecified atom stereocenters. The van der Waals surface area contributed by atoms with E-state index in [-0.39, 0.29) is 17.9 Å². The summed E-state index contributed by atoms with van der Waals surface area (Å²) in [6, 6.07) is 11.1. The summed E-state index contributed by atoms with van der Waals surface area (Å²) < 4.78 is 50.3. The van der Waals surface area contributed by atoms with Crippen molar-refractivity contribution in [3.63, 3.8) is 0 Å². The lowest BCUT2D eigenvalue weighted by Crippen LogP contribution is -2.24.